The molecular formula is C19H23BrN2O4S. The van der Waals surface area contributed by atoms with Crippen molar-refractivity contribution in [3.63, 3.8) is 0 Å². The molecule has 8 heteroatoms. The van der Waals surface area contributed by atoms with Gasteiger partial charge in [0, 0.05) is 11.6 Å². The molecule has 2 rings (SSSR count). The van der Waals surface area contributed by atoms with Crippen LogP contribution in [0.3, 0.4) is 0 Å². The standard InChI is InChI=1S/C19H23BrN2O4S/c1-5-26-17-9-8-15(10-16(17)20)22-27(24,25)18-11-14(7-6-13(18)4)21-19(23)12(2)3/h6-12,22H,5H2,1-4H3,(H,21,23). The third kappa shape index (κ3) is 5.46. The van der Waals surface area contributed by atoms with Crippen molar-refractivity contribution < 1.29 is 17.9 Å². The Morgan fingerprint density at radius 1 is 1.15 bits per heavy atom. The number of anilines is 2. The number of halogens is 1. The Bertz CT molecular complexity index is 943. The summed E-state index contributed by atoms with van der Waals surface area (Å²) in [6.45, 7) is 7.63. The molecule has 2 aromatic carbocycles. The molecule has 0 aliphatic rings. The molecule has 146 valence electrons. The molecule has 0 heterocycles. The first-order valence-corrected chi connectivity index (χ1v) is 10.8. The Morgan fingerprint density at radius 3 is 2.41 bits per heavy atom. The van der Waals surface area contributed by atoms with Crippen molar-refractivity contribution in [2.75, 3.05) is 16.6 Å². The number of nitrogens with one attached hydrogen (secondary N) is 2. The first kappa shape index (κ1) is 21.2. The molecule has 0 aliphatic carbocycles. The van der Waals surface area contributed by atoms with Crippen LogP contribution in [0, 0.1) is 12.8 Å². The number of aryl methyl sites for hydroxylation is 1. The zero-order valence-electron chi connectivity index (χ0n) is 15.7. The van der Waals surface area contributed by atoms with E-state index in [0.29, 0.717) is 33.8 Å². The Morgan fingerprint density at radius 2 is 1.81 bits per heavy atom. The molecule has 0 bridgehead atoms. The molecule has 1 amide bonds. The van der Waals surface area contributed by atoms with Crippen molar-refractivity contribution in [1.82, 2.24) is 0 Å². The third-order valence-electron chi connectivity index (χ3n) is 3.75. The van der Waals surface area contributed by atoms with E-state index >= 15 is 0 Å². The lowest BCUT2D eigenvalue weighted by Crippen LogP contribution is -2.19. The largest absolute Gasteiger partial charge is 0.493 e. The summed E-state index contributed by atoms with van der Waals surface area (Å²) >= 11 is 3.37. The summed E-state index contributed by atoms with van der Waals surface area (Å²) in [7, 11) is -3.83. The molecule has 0 atom stereocenters. The van der Waals surface area contributed by atoms with Gasteiger partial charge in [-0.05, 0) is 65.7 Å². The number of hydrogen-bond acceptors (Lipinski definition) is 4. The van der Waals surface area contributed by atoms with Crippen LogP contribution in [0.1, 0.15) is 26.3 Å². The fourth-order valence-electron chi connectivity index (χ4n) is 2.30. The molecule has 0 saturated heterocycles. The maximum absolute atomic E-state index is 12.8. The number of rotatable bonds is 7. The molecule has 6 nitrogen and oxygen atoms in total. The average Bonchev–Trinajstić information content (AvgIpc) is 2.58. The van der Waals surface area contributed by atoms with Crippen molar-refractivity contribution in [1.29, 1.82) is 0 Å². The van der Waals surface area contributed by atoms with Crippen molar-refractivity contribution in [2.45, 2.75) is 32.6 Å². The normalized spacial score (nSPS) is 11.3. The highest BCUT2D eigenvalue weighted by molar-refractivity contribution is 9.10. The smallest absolute Gasteiger partial charge is 0.262 e. The summed E-state index contributed by atoms with van der Waals surface area (Å²) in [4.78, 5) is 12.0. The molecule has 0 aliphatic heterocycles. The van der Waals surface area contributed by atoms with Gasteiger partial charge in [-0.15, -0.1) is 0 Å². The third-order valence-corrected chi connectivity index (χ3v) is 5.90. The summed E-state index contributed by atoms with van der Waals surface area (Å²) in [5.74, 6) is 0.256. The minimum Gasteiger partial charge on any atom is -0.493 e. The van der Waals surface area contributed by atoms with Crippen LogP contribution in [0.15, 0.2) is 45.8 Å². The number of ether oxygens (including phenoxy) is 1. The minimum atomic E-state index is -3.83. The summed E-state index contributed by atoms with van der Waals surface area (Å²) in [6.07, 6.45) is 0. The van der Waals surface area contributed by atoms with Gasteiger partial charge in [-0.3, -0.25) is 9.52 Å². The van der Waals surface area contributed by atoms with Crippen LogP contribution in [0.2, 0.25) is 0 Å². The highest BCUT2D eigenvalue weighted by Crippen LogP contribution is 2.30. The molecular weight excluding hydrogens is 432 g/mol. The van der Waals surface area contributed by atoms with Crippen LogP contribution in [0.4, 0.5) is 11.4 Å². The van der Waals surface area contributed by atoms with Crippen LogP contribution in [-0.4, -0.2) is 20.9 Å². The van der Waals surface area contributed by atoms with Crippen molar-refractivity contribution in [3.05, 3.63) is 46.4 Å². The molecule has 2 aromatic rings. The Labute approximate surface area is 168 Å². The summed E-state index contributed by atoms with van der Waals surface area (Å²) < 4.78 is 34.3. The molecule has 0 spiro atoms. The van der Waals surface area contributed by atoms with E-state index in [-0.39, 0.29) is 16.7 Å². The Balaban J connectivity index is 2.30. The average molecular weight is 455 g/mol. The van der Waals surface area contributed by atoms with Gasteiger partial charge < -0.3 is 10.1 Å². The highest BCUT2D eigenvalue weighted by atomic mass is 79.9. The van der Waals surface area contributed by atoms with E-state index in [2.05, 4.69) is 26.0 Å². The van der Waals surface area contributed by atoms with Gasteiger partial charge in [-0.1, -0.05) is 19.9 Å². The van der Waals surface area contributed by atoms with Crippen LogP contribution in [0.5, 0.6) is 5.75 Å². The molecule has 27 heavy (non-hydrogen) atoms. The van der Waals surface area contributed by atoms with Gasteiger partial charge in [0.05, 0.1) is 21.7 Å². The number of carbonyl (C=O) groups is 1. The number of benzene rings is 2. The second kappa shape index (κ2) is 8.75. The zero-order valence-corrected chi connectivity index (χ0v) is 18.1. The maximum atomic E-state index is 12.8. The van der Waals surface area contributed by atoms with E-state index in [1.54, 1.807) is 51.1 Å². The summed E-state index contributed by atoms with van der Waals surface area (Å²) in [6, 6.07) is 9.77. The van der Waals surface area contributed by atoms with Gasteiger partial charge in [-0.25, -0.2) is 8.42 Å². The Hall–Kier alpha value is -2.06. The lowest BCUT2D eigenvalue weighted by atomic mass is 10.2. The van der Waals surface area contributed by atoms with E-state index in [1.165, 1.54) is 6.07 Å². The predicted octanol–water partition coefficient (Wildman–Crippen LogP) is 4.55. The van der Waals surface area contributed by atoms with E-state index in [0.717, 1.165) is 0 Å². The van der Waals surface area contributed by atoms with Gasteiger partial charge in [0.1, 0.15) is 5.75 Å². The first-order chi connectivity index (χ1) is 12.6. The van der Waals surface area contributed by atoms with Gasteiger partial charge in [-0.2, -0.15) is 0 Å². The first-order valence-electron chi connectivity index (χ1n) is 8.50. The molecule has 2 N–H and O–H groups in total. The number of sulfonamides is 1. The summed E-state index contributed by atoms with van der Waals surface area (Å²) in [5, 5.41) is 2.72. The topological polar surface area (TPSA) is 84.5 Å². The number of amides is 1. The lowest BCUT2D eigenvalue weighted by molar-refractivity contribution is -0.118. The Kier molecular flexibility index (Phi) is 6.89. The maximum Gasteiger partial charge on any atom is 0.262 e. The van der Waals surface area contributed by atoms with Crippen molar-refractivity contribution >= 4 is 43.2 Å². The second-order valence-electron chi connectivity index (χ2n) is 6.31. The molecule has 0 radical (unpaired) electrons. The van der Waals surface area contributed by atoms with Crippen molar-refractivity contribution in [2.24, 2.45) is 5.92 Å². The van der Waals surface area contributed by atoms with Gasteiger partial charge in [0.15, 0.2) is 0 Å². The van der Waals surface area contributed by atoms with Crippen LogP contribution >= 0.6 is 15.9 Å². The van der Waals surface area contributed by atoms with E-state index in [9.17, 15) is 13.2 Å². The van der Waals surface area contributed by atoms with Gasteiger partial charge >= 0.3 is 0 Å². The molecule has 0 aromatic heterocycles. The van der Waals surface area contributed by atoms with Gasteiger partial charge in [0.25, 0.3) is 10.0 Å². The van der Waals surface area contributed by atoms with Gasteiger partial charge in [0.2, 0.25) is 5.91 Å². The zero-order chi connectivity index (χ0) is 20.2. The van der Waals surface area contributed by atoms with Crippen LogP contribution in [-0.2, 0) is 14.8 Å². The van der Waals surface area contributed by atoms with E-state index in [1.807, 2.05) is 6.92 Å². The predicted molar refractivity (Wildman–Crippen MR) is 111 cm³/mol. The number of hydrogen-bond donors (Lipinski definition) is 2. The fraction of sp³-hybridized carbons (Fsp3) is 0.316. The highest BCUT2D eigenvalue weighted by Gasteiger charge is 2.19. The van der Waals surface area contributed by atoms with E-state index in [4.69, 9.17) is 4.74 Å². The fourth-order valence-corrected chi connectivity index (χ4v) is 4.12. The quantitative estimate of drug-likeness (QED) is 0.642. The van der Waals surface area contributed by atoms with Crippen LogP contribution < -0.4 is 14.8 Å². The summed E-state index contributed by atoms with van der Waals surface area (Å²) in [5.41, 5.74) is 1.42. The SMILES string of the molecule is CCOc1ccc(NS(=O)(=O)c2cc(NC(=O)C(C)C)ccc2C)cc1Br. The van der Waals surface area contributed by atoms with Crippen LogP contribution in [0.25, 0.3) is 0 Å². The molecule has 0 unspecified atom stereocenters. The van der Waals surface area contributed by atoms with Crippen molar-refractivity contribution in [3.8, 4) is 5.75 Å². The lowest BCUT2D eigenvalue weighted by Gasteiger charge is -2.14. The molecule has 0 fully saturated rings. The number of carbonyl (C=O) groups excluding carboxylic acids is 1. The molecule has 0 saturated carbocycles. The van der Waals surface area contributed by atoms with E-state index < -0.39 is 10.0 Å². The second-order valence-corrected chi connectivity index (χ2v) is 8.81. The monoisotopic (exact) mass is 454 g/mol. The minimum absolute atomic E-state index is 0.106.